The van der Waals surface area contributed by atoms with E-state index in [4.69, 9.17) is 18.9 Å². The topological polar surface area (TPSA) is 86.2 Å². The number of likely N-dealkylation sites (tertiary alicyclic amines) is 1. The molecule has 8 heteroatoms. The van der Waals surface area contributed by atoms with Crippen LogP contribution >= 0.6 is 0 Å². The predicted octanol–water partition coefficient (Wildman–Crippen LogP) is 2.63. The lowest BCUT2D eigenvalue weighted by molar-refractivity contribution is -0.149. The van der Waals surface area contributed by atoms with Crippen LogP contribution in [0.1, 0.15) is 30.4 Å². The smallest absolute Gasteiger partial charge is 0.319 e. The number of methoxy groups -OCH3 is 4. The van der Waals surface area contributed by atoms with E-state index in [1.165, 1.54) is 7.11 Å². The summed E-state index contributed by atoms with van der Waals surface area (Å²) in [6, 6.07) is 6.15. The van der Waals surface area contributed by atoms with Crippen molar-refractivity contribution >= 4 is 0 Å². The molecule has 8 nitrogen and oxygen atoms in total. The first-order valence-corrected chi connectivity index (χ1v) is 10.6. The minimum atomic E-state index is -1.02. The van der Waals surface area contributed by atoms with E-state index in [0.29, 0.717) is 11.4 Å². The third kappa shape index (κ3) is 3.90. The maximum Gasteiger partial charge on any atom is 0.319 e. The second-order valence-electron chi connectivity index (χ2n) is 8.30. The monoisotopic (exact) mass is 429 g/mol. The van der Waals surface area contributed by atoms with E-state index < -0.39 is 5.60 Å². The maximum absolute atomic E-state index is 12.0. The number of aliphatic hydroxyl groups is 1. The predicted molar refractivity (Wildman–Crippen MR) is 115 cm³/mol. The van der Waals surface area contributed by atoms with Crippen LogP contribution in [0.4, 0.5) is 0 Å². The zero-order chi connectivity index (χ0) is 22.0. The third-order valence-electron chi connectivity index (χ3n) is 6.73. The van der Waals surface area contributed by atoms with Gasteiger partial charge in [0.1, 0.15) is 17.1 Å². The van der Waals surface area contributed by atoms with E-state index in [2.05, 4.69) is 20.9 Å². The second-order valence-corrected chi connectivity index (χ2v) is 8.30. The summed E-state index contributed by atoms with van der Waals surface area (Å²) in [4.78, 5) is 11.0. The van der Waals surface area contributed by atoms with Crippen LogP contribution in [-0.4, -0.2) is 61.5 Å². The van der Waals surface area contributed by atoms with Crippen LogP contribution in [0.2, 0.25) is 0 Å². The molecule has 0 unspecified atom stereocenters. The molecule has 1 aromatic heterocycles. The van der Waals surface area contributed by atoms with E-state index in [-0.39, 0.29) is 17.8 Å². The molecule has 2 fully saturated rings. The average molecular weight is 430 g/mol. The standard InChI is InChI=1S/C23H31N3O5/c1-28-18-9-8-15(20(10-18)29-2)12-26-13-16-6-5-7-17(14-26)23(16,27)19-11-24-22(31-4)25-21(19)30-3/h8-11,16-17,27H,5-7,12-14H2,1-4H3/t16-,17-/m1/s1. The van der Waals surface area contributed by atoms with Crippen molar-refractivity contribution in [2.45, 2.75) is 31.4 Å². The number of piperidine rings is 1. The van der Waals surface area contributed by atoms with Crippen LogP contribution in [0.3, 0.4) is 0 Å². The molecule has 1 aromatic carbocycles. The number of fused-ring (bicyclic) bond motifs is 2. The van der Waals surface area contributed by atoms with Crippen LogP contribution in [-0.2, 0) is 12.1 Å². The number of hydrogen-bond acceptors (Lipinski definition) is 8. The van der Waals surface area contributed by atoms with Crippen molar-refractivity contribution in [3.8, 4) is 23.4 Å². The Morgan fingerprint density at radius 2 is 1.77 bits per heavy atom. The largest absolute Gasteiger partial charge is 0.497 e. The summed E-state index contributed by atoms with van der Waals surface area (Å²) in [5.74, 6) is 2.11. The zero-order valence-electron chi connectivity index (χ0n) is 18.6. The molecule has 1 saturated carbocycles. The number of hydrogen-bond donors (Lipinski definition) is 1. The lowest BCUT2D eigenvalue weighted by Gasteiger charge is -2.53. The van der Waals surface area contributed by atoms with E-state index >= 15 is 0 Å². The number of benzene rings is 1. The fourth-order valence-electron chi connectivity index (χ4n) is 5.21. The Morgan fingerprint density at radius 1 is 1.03 bits per heavy atom. The summed E-state index contributed by atoms with van der Waals surface area (Å²) in [6.07, 6.45) is 4.66. The molecule has 31 heavy (non-hydrogen) atoms. The van der Waals surface area contributed by atoms with Crippen LogP contribution in [0.5, 0.6) is 23.4 Å². The van der Waals surface area contributed by atoms with Crippen molar-refractivity contribution in [2.24, 2.45) is 11.8 Å². The highest BCUT2D eigenvalue weighted by Gasteiger charge is 2.53. The molecular formula is C23H31N3O5. The van der Waals surface area contributed by atoms with Crippen molar-refractivity contribution in [2.75, 3.05) is 41.5 Å². The summed E-state index contributed by atoms with van der Waals surface area (Å²) in [5.41, 5.74) is 0.750. The summed E-state index contributed by atoms with van der Waals surface area (Å²) in [5, 5.41) is 12.0. The number of nitrogens with zero attached hydrogens (tertiary/aromatic N) is 3. The van der Waals surface area contributed by atoms with Crippen LogP contribution < -0.4 is 18.9 Å². The number of ether oxygens (including phenoxy) is 4. The Labute approximate surface area is 183 Å². The zero-order valence-corrected chi connectivity index (χ0v) is 18.6. The first-order chi connectivity index (χ1) is 15.0. The fourth-order valence-corrected chi connectivity index (χ4v) is 5.21. The molecule has 168 valence electrons. The molecule has 2 heterocycles. The van der Waals surface area contributed by atoms with E-state index in [0.717, 1.165) is 56.0 Å². The number of rotatable bonds is 7. The molecule has 0 amide bonds. The lowest BCUT2D eigenvalue weighted by Crippen LogP contribution is -2.58. The van der Waals surface area contributed by atoms with Gasteiger partial charge in [0.15, 0.2) is 0 Å². The van der Waals surface area contributed by atoms with Gasteiger partial charge >= 0.3 is 6.01 Å². The highest BCUT2D eigenvalue weighted by molar-refractivity contribution is 5.41. The SMILES string of the molecule is COc1ccc(CN2C[C@H]3CCC[C@H](C2)C3(O)c2cnc(OC)nc2OC)c(OC)c1. The van der Waals surface area contributed by atoms with Gasteiger partial charge in [-0.3, -0.25) is 4.90 Å². The molecule has 2 aliphatic rings. The molecule has 2 bridgehead atoms. The summed E-state index contributed by atoms with van der Waals surface area (Å²) in [7, 11) is 6.41. The summed E-state index contributed by atoms with van der Waals surface area (Å²) < 4.78 is 21.6. The van der Waals surface area contributed by atoms with Gasteiger partial charge in [-0.25, -0.2) is 4.98 Å². The molecule has 1 aliphatic heterocycles. The highest BCUT2D eigenvalue weighted by atomic mass is 16.5. The van der Waals surface area contributed by atoms with Crippen molar-refractivity contribution < 1.29 is 24.1 Å². The first-order valence-electron chi connectivity index (χ1n) is 10.6. The molecule has 1 N–H and O–H groups in total. The fraction of sp³-hybridized carbons (Fsp3) is 0.565. The van der Waals surface area contributed by atoms with Crippen molar-refractivity contribution in [3.05, 3.63) is 35.5 Å². The van der Waals surface area contributed by atoms with Gasteiger partial charge in [0.05, 0.1) is 34.0 Å². The molecule has 4 rings (SSSR count). The van der Waals surface area contributed by atoms with Gasteiger partial charge in [0.25, 0.3) is 0 Å². The van der Waals surface area contributed by atoms with Crippen molar-refractivity contribution in [1.29, 1.82) is 0 Å². The summed E-state index contributed by atoms with van der Waals surface area (Å²) >= 11 is 0. The van der Waals surface area contributed by atoms with Gasteiger partial charge in [-0.05, 0) is 18.9 Å². The number of aromatic nitrogens is 2. The van der Waals surface area contributed by atoms with Gasteiger partial charge in [0, 0.05) is 49.3 Å². The minimum Gasteiger partial charge on any atom is -0.497 e. The first kappa shape index (κ1) is 21.6. The van der Waals surface area contributed by atoms with Crippen molar-refractivity contribution in [1.82, 2.24) is 14.9 Å². The normalized spacial score (nSPS) is 25.7. The van der Waals surface area contributed by atoms with Gasteiger partial charge in [0.2, 0.25) is 5.88 Å². The highest BCUT2D eigenvalue weighted by Crippen LogP contribution is 2.51. The maximum atomic E-state index is 12.0. The van der Waals surface area contributed by atoms with Gasteiger partial charge in [-0.2, -0.15) is 4.98 Å². The van der Waals surface area contributed by atoms with Gasteiger partial charge in [-0.1, -0.05) is 12.5 Å². The Bertz CT molecular complexity index is 908. The Hall–Kier alpha value is -2.58. The van der Waals surface area contributed by atoms with Gasteiger partial charge in [-0.15, -0.1) is 0 Å². The van der Waals surface area contributed by atoms with Crippen molar-refractivity contribution in [3.63, 3.8) is 0 Å². The Morgan fingerprint density at radius 3 is 2.39 bits per heavy atom. The average Bonchev–Trinajstić information content (AvgIpc) is 2.79. The molecule has 1 aliphatic carbocycles. The quantitative estimate of drug-likeness (QED) is 0.719. The molecule has 1 saturated heterocycles. The van der Waals surface area contributed by atoms with E-state index in [9.17, 15) is 5.11 Å². The molecule has 2 aromatic rings. The van der Waals surface area contributed by atoms with Gasteiger partial charge < -0.3 is 24.1 Å². The Kier molecular flexibility index (Phi) is 6.20. The molecule has 2 atom stereocenters. The van der Waals surface area contributed by atoms with E-state index in [1.807, 2.05) is 12.1 Å². The third-order valence-corrected chi connectivity index (χ3v) is 6.73. The van der Waals surface area contributed by atoms with Crippen LogP contribution in [0.25, 0.3) is 0 Å². The molecule has 0 radical (unpaired) electrons. The minimum absolute atomic E-state index is 0.0649. The van der Waals surface area contributed by atoms with E-state index in [1.54, 1.807) is 27.5 Å². The van der Waals surface area contributed by atoms with Crippen LogP contribution in [0, 0.1) is 11.8 Å². The second kappa shape index (κ2) is 8.88. The summed E-state index contributed by atoms with van der Waals surface area (Å²) in [6.45, 7) is 2.31. The molecular weight excluding hydrogens is 398 g/mol. The molecule has 0 spiro atoms. The van der Waals surface area contributed by atoms with Crippen LogP contribution in [0.15, 0.2) is 24.4 Å². The lowest BCUT2D eigenvalue weighted by atomic mass is 9.63. The Balaban J connectivity index is 1.60.